The SMILES string of the molecule is CCCCc1cc(OP(=O)(OCC)OCC)c2ccccn12. The van der Waals surface area contributed by atoms with Crippen molar-refractivity contribution in [3.8, 4) is 5.75 Å². The normalized spacial score (nSPS) is 12.0. The first kappa shape index (κ1) is 17.1. The molecular formula is C16H24NO4P. The van der Waals surface area contributed by atoms with Gasteiger partial charge < -0.3 is 8.92 Å². The average Bonchev–Trinajstić information content (AvgIpc) is 2.83. The largest absolute Gasteiger partial charge is 0.530 e. The number of fused-ring (bicyclic) bond motifs is 1. The van der Waals surface area contributed by atoms with Gasteiger partial charge in [-0.25, -0.2) is 4.57 Å². The third-order valence-corrected chi connectivity index (χ3v) is 4.86. The first-order chi connectivity index (χ1) is 10.6. The summed E-state index contributed by atoms with van der Waals surface area (Å²) in [6.07, 6.45) is 5.14. The molecule has 2 aromatic heterocycles. The summed E-state index contributed by atoms with van der Waals surface area (Å²) < 4.78 is 30.7. The van der Waals surface area contributed by atoms with Crippen LogP contribution in [-0.2, 0) is 20.0 Å². The zero-order chi connectivity index (χ0) is 16.0. The van der Waals surface area contributed by atoms with E-state index < -0.39 is 7.82 Å². The molecule has 0 N–H and O–H groups in total. The van der Waals surface area contributed by atoms with Crippen LogP contribution in [0.2, 0.25) is 0 Å². The molecule has 6 heteroatoms. The van der Waals surface area contributed by atoms with Gasteiger partial charge in [0, 0.05) is 18.0 Å². The second kappa shape index (κ2) is 7.82. The molecule has 0 bridgehead atoms. The molecule has 2 rings (SSSR count). The number of hydrogen-bond acceptors (Lipinski definition) is 4. The summed E-state index contributed by atoms with van der Waals surface area (Å²) in [5.41, 5.74) is 2.00. The van der Waals surface area contributed by atoms with Gasteiger partial charge in [-0.2, -0.15) is 0 Å². The van der Waals surface area contributed by atoms with E-state index in [0.29, 0.717) is 5.75 Å². The molecule has 0 amide bonds. The smallest absolute Gasteiger partial charge is 0.402 e. The lowest BCUT2D eigenvalue weighted by Gasteiger charge is -2.16. The highest BCUT2D eigenvalue weighted by Crippen LogP contribution is 2.50. The average molecular weight is 325 g/mol. The van der Waals surface area contributed by atoms with Gasteiger partial charge in [0.05, 0.1) is 18.7 Å². The van der Waals surface area contributed by atoms with Crippen molar-refractivity contribution in [2.75, 3.05) is 13.2 Å². The van der Waals surface area contributed by atoms with Gasteiger partial charge in [0.25, 0.3) is 0 Å². The standard InChI is InChI=1S/C16H24NO4P/c1-4-7-10-14-13-16(15-11-8-9-12-17(14)15)21-22(18,19-5-2)20-6-3/h8-9,11-13H,4-7,10H2,1-3H3. The molecule has 0 saturated heterocycles. The summed E-state index contributed by atoms with van der Waals surface area (Å²) >= 11 is 0. The first-order valence-electron chi connectivity index (χ1n) is 7.81. The van der Waals surface area contributed by atoms with Crippen molar-refractivity contribution in [1.29, 1.82) is 0 Å². The number of pyridine rings is 1. The number of unbranched alkanes of at least 4 members (excludes halogenated alkanes) is 1. The summed E-state index contributed by atoms with van der Waals surface area (Å²) in [7, 11) is -3.57. The van der Waals surface area contributed by atoms with E-state index in [-0.39, 0.29) is 13.2 Å². The highest BCUT2D eigenvalue weighted by Gasteiger charge is 2.29. The first-order valence-corrected chi connectivity index (χ1v) is 9.27. The van der Waals surface area contributed by atoms with Crippen LogP contribution in [0.15, 0.2) is 30.5 Å². The third kappa shape index (κ3) is 3.92. The molecule has 0 fully saturated rings. The minimum atomic E-state index is -3.57. The summed E-state index contributed by atoms with van der Waals surface area (Å²) in [4.78, 5) is 0. The van der Waals surface area contributed by atoms with Crippen molar-refractivity contribution in [2.45, 2.75) is 40.0 Å². The lowest BCUT2D eigenvalue weighted by atomic mass is 10.2. The monoisotopic (exact) mass is 325 g/mol. The predicted octanol–water partition coefficient (Wildman–Crippen LogP) is 4.84. The Hall–Kier alpha value is -1.29. The van der Waals surface area contributed by atoms with Crippen LogP contribution in [0.4, 0.5) is 0 Å². The number of aryl methyl sites for hydroxylation is 1. The van der Waals surface area contributed by atoms with Gasteiger partial charge in [0.1, 0.15) is 0 Å². The molecule has 122 valence electrons. The zero-order valence-electron chi connectivity index (χ0n) is 13.4. The van der Waals surface area contributed by atoms with Gasteiger partial charge in [-0.05, 0) is 38.8 Å². The molecule has 0 aliphatic rings. The minimum absolute atomic E-state index is 0.270. The molecule has 5 nitrogen and oxygen atoms in total. The minimum Gasteiger partial charge on any atom is -0.402 e. The fourth-order valence-electron chi connectivity index (χ4n) is 2.34. The summed E-state index contributed by atoms with van der Waals surface area (Å²) in [6, 6.07) is 7.76. The van der Waals surface area contributed by atoms with Crippen molar-refractivity contribution in [1.82, 2.24) is 4.40 Å². The summed E-state index contributed by atoms with van der Waals surface area (Å²) in [5.74, 6) is 0.539. The van der Waals surface area contributed by atoms with Crippen LogP contribution in [0.5, 0.6) is 5.75 Å². The van der Waals surface area contributed by atoms with E-state index >= 15 is 0 Å². The van der Waals surface area contributed by atoms with Crippen LogP contribution in [-0.4, -0.2) is 17.6 Å². The van der Waals surface area contributed by atoms with Gasteiger partial charge in [-0.15, -0.1) is 0 Å². The van der Waals surface area contributed by atoms with Crippen molar-refractivity contribution >= 4 is 13.3 Å². The van der Waals surface area contributed by atoms with E-state index in [9.17, 15) is 4.57 Å². The molecule has 0 aliphatic heterocycles. The molecule has 22 heavy (non-hydrogen) atoms. The fraction of sp³-hybridized carbons (Fsp3) is 0.500. The summed E-state index contributed by atoms with van der Waals surface area (Å²) in [6.45, 7) is 6.22. The second-order valence-electron chi connectivity index (χ2n) is 4.93. The molecular weight excluding hydrogens is 301 g/mol. The van der Waals surface area contributed by atoms with Crippen LogP contribution in [0, 0.1) is 0 Å². The highest BCUT2D eigenvalue weighted by molar-refractivity contribution is 7.48. The quantitative estimate of drug-likeness (QED) is 0.619. The van der Waals surface area contributed by atoms with E-state index in [2.05, 4.69) is 11.3 Å². The van der Waals surface area contributed by atoms with Crippen LogP contribution in [0.1, 0.15) is 39.3 Å². The maximum Gasteiger partial charge on any atom is 0.530 e. The van der Waals surface area contributed by atoms with Crippen molar-refractivity contribution in [3.63, 3.8) is 0 Å². The van der Waals surface area contributed by atoms with E-state index in [1.165, 1.54) is 0 Å². The van der Waals surface area contributed by atoms with Gasteiger partial charge in [0.2, 0.25) is 0 Å². The lowest BCUT2D eigenvalue weighted by Crippen LogP contribution is -2.02. The Morgan fingerprint density at radius 1 is 1.14 bits per heavy atom. The van der Waals surface area contributed by atoms with E-state index in [4.69, 9.17) is 13.6 Å². The molecule has 0 aromatic carbocycles. The Labute approximate surface area is 131 Å². The molecule has 2 aromatic rings. The van der Waals surface area contributed by atoms with Crippen LogP contribution in [0.25, 0.3) is 5.52 Å². The van der Waals surface area contributed by atoms with Gasteiger partial charge in [-0.1, -0.05) is 19.4 Å². The zero-order valence-corrected chi connectivity index (χ0v) is 14.3. The second-order valence-corrected chi connectivity index (χ2v) is 6.53. The van der Waals surface area contributed by atoms with Crippen LogP contribution in [0.3, 0.4) is 0 Å². The third-order valence-electron chi connectivity index (χ3n) is 3.29. The molecule has 0 atom stereocenters. The van der Waals surface area contributed by atoms with E-state index in [1.54, 1.807) is 13.8 Å². The van der Waals surface area contributed by atoms with Gasteiger partial charge in [-0.3, -0.25) is 9.05 Å². The van der Waals surface area contributed by atoms with Crippen LogP contribution < -0.4 is 4.52 Å². The van der Waals surface area contributed by atoms with Gasteiger partial charge in [0.15, 0.2) is 5.75 Å². The van der Waals surface area contributed by atoms with E-state index in [0.717, 1.165) is 30.5 Å². The molecule has 0 saturated carbocycles. The predicted molar refractivity (Wildman–Crippen MR) is 87.5 cm³/mol. The lowest BCUT2D eigenvalue weighted by molar-refractivity contribution is 0.168. The number of phosphoric acid groups is 1. The topological polar surface area (TPSA) is 49.2 Å². The van der Waals surface area contributed by atoms with Crippen molar-refractivity contribution in [3.05, 3.63) is 36.2 Å². The Morgan fingerprint density at radius 2 is 1.86 bits per heavy atom. The Bertz CT molecular complexity index is 643. The maximum atomic E-state index is 12.6. The molecule has 0 radical (unpaired) electrons. The Morgan fingerprint density at radius 3 is 2.50 bits per heavy atom. The number of phosphoric ester groups is 1. The van der Waals surface area contributed by atoms with Crippen molar-refractivity contribution < 1.29 is 18.1 Å². The Balaban J connectivity index is 2.36. The number of nitrogens with zero attached hydrogens (tertiary/aromatic N) is 1. The molecule has 0 aliphatic carbocycles. The maximum absolute atomic E-state index is 12.6. The van der Waals surface area contributed by atoms with E-state index in [1.807, 2.05) is 30.5 Å². The number of aromatic nitrogens is 1. The summed E-state index contributed by atoms with van der Waals surface area (Å²) in [5, 5.41) is 0. The van der Waals surface area contributed by atoms with Crippen molar-refractivity contribution in [2.24, 2.45) is 0 Å². The molecule has 0 unspecified atom stereocenters. The number of rotatable bonds is 9. The fourth-order valence-corrected chi connectivity index (χ4v) is 3.54. The number of hydrogen-bond donors (Lipinski definition) is 0. The van der Waals surface area contributed by atoms with Gasteiger partial charge >= 0.3 is 7.82 Å². The van der Waals surface area contributed by atoms with Crippen LogP contribution >= 0.6 is 7.82 Å². The molecule has 0 spiro atoms. The molecule has 2 heterocycles. The highest BCUT2D eigenvalue weighted by atomic mass is 31.2. The Kier molecular flexibility index (Phi) is 6.07.